The average Bonchev–Trinajstić information content (AvgIpc) is 3.12. The van der Waals surface area contributed by atoms with Gasteiger partial charge in [-0.25, -0.2) is 4.98 Å². The Morgan fingerprint density at radius 3 is 2.92 bits per heavy atom. The summed E-state index contributed by atoms with van der Waals surface area (Å²) in [4.78, 5) is 18.9. The highest BCUT2D eigenvalue weighted by atomic mass is 32.2. The maximum atomic E-state index is 12.9. The second-order valence-electron chi connectivity index (χ2n) is 5.66. The van der Waals surface area contributed by atoms with Gasteiger partial charge in [-0.1, -0.05) is 0 Å². The van der Waals surface area contributed by atoms with Crippen molar-refractivity contribution in [1.82, 2.24) is 4.98 Å². The van der Waals surface area contributed by atoms with Crippen LogP contribution in [-0.4, -0.2) is 39.4 Å². The van der Waals surface area contributed by atoms with Crippen molar-refractivity contribution in [2.45, 2.75) is 4.90 Å². The Morgan fingerprint density at radius 2 is 2.29 bits per heavy atom. The summed E-state index contributed by atoms with van der Waals surface area (Å²) in [5.74, 6) is 0.190. The van der Waals surface area contributed by atoms with E-state index in [0.29, 0.717) is 41.8 Å². The summed E-state index contributed by atoms with van der Waals surface area (Å²) in [5, 5.41) is 2.55. The van der Waals surface area contributed by atoms with Gasteiger partial charge in [0.05, 0.1) is 24.5 Å². The van der Waals surface area contributed by atoms with E-state index in [1.165, 1.54) is 17.4 Å². The number of ether oxygens (including phenoxy) is 1. The van der Waals surface area contributed by atoms with E-state index in [0.717, 1.165) is 5.69 Å². The fourth-order valence-corrected chi connectivity index (χ4v) is 3.80. The van der Waals surface area contributed by atoms with Crippen molar-refractivity contribution in [3.63, 3.8) is 0 Å². The van der Waals surface area contributed by atoms with E-state index in [1.807, 2.05) is 5.38 Å². The molecule has 1 atom stereocenters. The summed E-state index contributed by atoms with van der Waals surface area (Å²) in [5.41, 5.74) is 1.86. The van der Waals surface area contributed by atoms with E-state index < -0.39 is 11.1 Å². The molecule has 1 aromatic heterocycles. The van der Waals surface area contributed by atoms with Gasteiger partial charge in [0, 0.05) is 34.5 Å². The molecule has 0 radical (unpaired) electrons. The number of hydrogen-bond acceptors (Lipinski definition) is 6. The summed E-state index contributed by atoms with van der Waals surface area (Å²) in [7, 11) is 0. The van der Waals surface area contributed by atoms with Crippen LogP contribution >= 0.6 is 11.3 Å². The molecule has 6 nitrogen and oxygen atoms in total. The third-order valence-corrected chi connectivity index (χ3v) is 5.45. The van der Waals surface area contributed by atoms with Crippen LogP contribution in [0.5, 0.6) is 0 Å². The quantitative estimate of drug-likeness (QED) is 0.614. The molecule has 3 heterocycles. The number of thiazole rings is 1. The van der Waals surface area contributed by atoms with Crippen molar-refractivity contribution in [1.29, 1.82) is 0 Å². The van der Waals surface area contributed by atoms with Crippen LogP contribution in [0, 0.1) is 5.92 Å². The molecule has 2 aliphatic heterocycles. The molecular formula is C16H13N2O4S2-. The molecule has 2 aromatic rings. The number of hydrogen-bond donors (Lipinski definition) is 0. The zero-order chi connectivity index (χ0) is 16.7. The molecule has 4 rings (SSSR count). The number of rotatable bonds is 4. The molecule has 0 saturated carbocycles. The minimum atomic E-state index is -2.34. The number of aromatic nitrogens is 1. The Hall–Kier alpha value is -1.87. The molecule has 24 heavy (non-hydrogen) atoms. The highest BCUT2D eigenvalue weighted by Gasteiger charge is 2.35. The van der Waals surface area contributed by atoms with Crippen LogP contribution in [0.3, 0.4) is 0 Å². The third-order valence-electron chi connectivity index (χ3n) is 4.08. The predicted molar refractivity (Wildman–Crippen MR) is 90.3 cm³/mol. The smallest absolute Gasteiger partial charge is 0.259 e. The van der Waals surface area contributed by atoms with E-state index in [2.05, 4.69) is 4.98 Å². The Kier molecular flexibility index (Phi) is 4.05. The Morgan fingerprint density at radius 1 is 1.46 bits per heavy atom. The van der Waals surface area contributed by atoms with Crippen molar-refractivity contribution in [2.24, 2.45) is 5.92 Å². The van der Waals surface area contributed by atoms with Crippen molar-refractivity contribution in [2.75, 3.05) is 24.7 Å². The van der Waals surface area contributed by atoms with Gasteiger partial charge in [0.15, 0.2) is 0 Å². The first-order valence-electron chi connectivity index (χ1n) is 7.38. The van der Waals surface area contributed by atoms with Crippen molar-refractivity contribution >= 4 is 45.7 Å². The van der Waals surface area contributed by atoms with E-state index in [4.69, 9.17) is 4.74 Å². The van der Waals surface area contributed by atoms with Crippen LogP contribution < -0.4 is 4.90 Å². The van der Waals surface area contributed by atoms with Crippen LogP contribution in [0.1, 0.15) is 10.6 Å². The van der Waals surface area contributed by atoms with Gasteiger partial charge in [-0.2, -0.15) is 0 Å². The monoisotopic (exact) mass is 361 g/mol. The summed E-state index contributed by atoms with van der Waals surface area (Å²) in [6.45, 7) is 1.86. The van der Waals surface area contributed by atoms with E-state index in [-0.39, 0.29) is 10.8 Å². The topological polar surface area (TPSA) is 82.6 Å². The summed E-state index contributed by atoms with van der Waals surface area (Å²) >= 11 is -0.911. The van der Waals surface area contributed by atoms with E-state index >= 15 is 0 Å². The number of amides is 1. The van der Waals surface area contributed by atoms with Gasteiger partial charge in [0.2, 0.25) is 0 Å². The summed E-state index contributed by atoms with van der Waals surface area (Å²) in [6.07, 6.45) is 3.39. The highest BCUT2D eigenvalue weighted by molar-refractivity contribution is 7.79. The third kappa shape index (κ3) is 2.71. The minimum Gasteiger partial charge on any atom is -0.768 e. The fourth-order valence-electron chi connectivity index (χ4n) is 2.84. The molecule has 0 N–H and O–H groups in total. The summed E-state index contributed by atoms with van der Waals surface area (Å²) in [6, 6.07) is 4.76. The zero-order valence-electron chi connectivity index (χ0n) is 12.5. The second-order valence-corrected chi connectivity index (χ2v) is 7.53. The zero-order valence-corrected chi connectivity index (χ0v) is 14.1. The first kappa shape index (κ1) is 15.6. The lowest BCUT2D eigenvalue weighted by molar-refractivity contribution is -0.113. The van der Waals surface area contributed by atoms with Crippen molar-refractivity contribution in [3.8, 4) is 0 Å². The molecule has 1 aromatic carbocycles. The molecule has 1 saturated heterocycles. The fraction of sp³-hybridized carbons (Fsp3) is 0.250. The highest BCUT2D eigenvalue weighted by Crippen LogP contribution is 2.39. The second kappa shape index (κ2) is 6.21. The number of carbonyl (C=O) groups is 1. The lowest BCUT2D eigenvalue weighted by atomic mass is 10.1. The number of carbonyl (C=O) groups excluding carboxylic acids is 1. The van der Waals surface area contributed by atoms with E-state index in [9.17, 15) is 13.6 Å². The number of benzene rings is 1. The Balaban J connectivity index is 1.79. The molecule has 1 amide bonds. The SMILES string of the molecule is O=C1/C(=C/c2nccs2)c2cc(S(=O)[O-])ccc2N1CC1COC1. The van der Waals surface area contributed by atoms with Crippen LogP contribution in [-0.2, 0) is 20.6 Å². The molecule has 8 heteroatoms. The molecule has 1 unspecified atom stereocenters. The van der Waals surface area contributed by atoms with E-state index in [1.54, 1.807) is 29.3 Å². The van der Waals surface area contributed by atoms with Crippen LogP contribution in [0.15, 0.2) is 34.7 Å². The maximum Gasteiger partial charge on any atom is 0.259 e. The molecule has 0 spiro atoms. The Bertz CT molecular complexity index is 844. The largest absolute Gasteiger partial charge is 0.768 e. The average molecular weight is 361 g/mol. The van der Waals surface area contributed by atoms with Crippen molar-refractivity contribution < 1.29 is 18.3 Å². The predicted octanol–water partition coefficient (Wildman–Crippen LogP) is 1.91. The molecule has 0 aliphatic carbocycles. The maximum absolute atomic E-state index is 12.9. The van der Waals surface area contributed by atoms with Crippen molar-refractivity contribution in [3.05, 3.63) is 40.3 Å². The number of fused-ring (bicyclic) bond motifs is 1. The first-order valence-corrected chi connectivity index (χ1v) is 9.33. The van der Waals surface area contributed by atoms with Crippen LogP contribution in [0.4, 0.5) is 5.69 Å². The summed E-state index contributed by atoms with van der Waals surface area (Å²) < 4.78 is 27.7. The molecule has 0 bridgehead atoms. The Labute approximate surface area is 145 Å². The van der Waals surface area contributed by atoms with Crippen LogP contribution in [0.25, 0.3) is 11.6 Å². The molecule has 2 aliphatic rings. The molecular weight excluding hydrogens is 348 g/mol. The normalized spacial score (nSPS) is 20.3. The lowest BCUT2D eigenvalue weighted by Crippen LogP contribution is -2.40. The van der Waals surface area contributed by atoms with Gasteiger partial charge in [0.25, 0.3) is 5.91 Å². The van der Waals surface area contributed by atoms with Gasteiger partial charge in [-0.05, 0) is 35.4 Å². The minimum absolute atomic E-state index is 0.124. The van der Waals surface area contributed by atoms with Gasteiger partial charge in [0.1, 0.15) is 5.01 Å². The van der Waals surface area contributed by atoms with Gasteiger partial charge >= 0.3 is 0 Å². The molecule has 1 fully saturated rings. The number of nitrogens with zero attached hydrogens (tertiary/aromatic N) is 2. The first-order chi connectivity index (χ1) is 11.6. The van der Waals surface area contributed by atoms with Gasteiger partial charge < -0.3 is 14.2 Å². The molecule has 124 valence electrons. The number of anilines is 1. The van der Waals surface area contributed by atoms with Crippen LogP contribution in [0.2, 0.25) is 0 Å². The standard InChI is InChI=1S/C16H14N2O4S2/c19-16-13(6-15-17-3-4-23-15)12-5-11(24(20)21)1-2-14(12)18(16)7-10-8-22-9-10/h1-6,10H,7-9H2,(H,20,21)/p-1/b13-6+. The van der Waals surface area contributed by atoms with Gasteiger partial charge in [-0.15, -0.1) is 11.3 Å². The van der Waals surface area contributed by atoms with Gasteiger partial charge in [-0.3, -0.25) is 9.00 Å². The lowest BCUT2D eigenvalue weighted by Gasteiger charge is -2.30.